The van der Waals surface area contributed by atoms with Crippen LogP contribution >= 0.6 is 0 Å². The van der Waals surface area contributed by atoms with Gasteiger partial charge in [-0.25, -0.2) is 0 Å². The lowest BCUT2D eigenvalue weighted by Crippen LogP contribution is -2.32. The van der Waals surface area contributed by atoms with Crippen molar-refractivity contribution in [2.24, 2.45) is 5.73 Å². The molecule has 0 aromatic heterocycles. The Hall–Kier alpha value is -2.53. The van der Waals surface area contributed by atoms with Gasteiger partial charge >= 0.3 is 5.97 Å². The molecule has 0 spiro atoms. The van der Waals surface area contributed by atoms with Gasteiger partial charge < -0.3 is 20.7 Å². The summed E-state index contributed by atoms with van der Waals surface area (Å²) in [6, 6.07) is 13.1. The van der Waals surface area contributed by atoms with E-state index in [4.69, 9.17) is 15.6 Å². The third-order valence-corrected chi connectivity index (χ3v) is 3.04. The van der Waals surface area contributed by atoms with Gasteiger partial charge in [-0.3, -0.25) is 4.79 Å². The predicted octanol–water partition coefficient (Wildman–Crippen LogP) is 1.93. The number of phenols is 1. The van der Waals surface area contributed by atoms with Gasteiger partial charge in [0.15, 0.2) is 0 Å². The molecule has 2 aromatic carbocycles. The van der Waals surface area contributed by atoms with Gasteiger partial charge in [0.2, 0.25) is 0 Å². The van der Waals surface area contributed by atoms with Crippen molar-refractivity contribution in [2.45, 2.75) is 19.1 Å². The van der Waals surface area contributed by atoms with Crippen LogP contribution in [0.3, 0.4) is 0 Å². The van der Waals surface area contributed by atoms with Crippen LogP contribution in [0.15, 0.2) is 48.5 Å². The van der Waals surface area contributed by atoms with Crippen molar-refractivity contribution in [3.05, 3.63) is 59.7 Å². The van der Waals surface area contributed by atoms with Gasteiger partial charge in [0, 0.05) is 12.5 Å². The molecule has 1 atom stereocenters. The maximum absolute atomic E-state index is 10.8. The molecule has 2 aromatic rings. The van der Waals surface area contributed by atoms with E-state index in [2.05, 4.69) is 0 Å². The molecule has 0 fully saturated rings. The second-order valence-corrected chi connectivity index (χ2v) is 4.72. The minimum atomic E-state index is -1.07. The fourth-order valence-electron chi connectivity index (χ4n) is 1.91. The molecule has 0 unspecified atom stereocenters. The van der Waals surface area contributed by atoms with Crippen molar-refractivity contribution in [3.63, 3.8) is 0 Å². The number of aliphatic carboxylic acids is 1. The van der Waals surface area contributed by atoms with E-state index in [-0.39, 0.29) is 12.2 Å². The molecule has 0 heterocycles. The van der Waals surface area contributed by atoms with Crippen LogP contribution in [0, 0.1) is 0 Å². The average molecular weight is 287 g/mol. The highest BCUT2D eigenvalue weighted by Crippen LogP contribution is 2.26. The molecule has 0 saturated heterocycles. The van der Waals surface area contributed by atoms with E-state index >= 15 is 0 Å². The number of hydrogen-bond acceptors (Lipinski definition) is 4. The Bertz CT molecular complexity index is 613. The quantitative estimate of drug-likeness (QED) is 0.755. The van der Waals surface area contributed by atoms with Gasteiger partial charge in [0.25, 0.3) is 0 Å². The molecule has 21 heavy (non-hydrogen) atoms. The maximum atomic E-state index is 10.8. The first-order valence-corrected chi connectivity index (χ1v) is 6.53. The van der Waals surface area contributed by atoms with E-state index in [0.717, 1.165) is 5.56 Å². The van der Waals surface area contributed by atoms with Crippen LogP contribution < -0.4 is 10.5 Å². The summed E-state index contributed by atoms with van der Waals surface area (Å²) in [4.78, 5) is 10.8. The van der Waals surface area contributed by atoms with E-state index in [1.807, 2.05) is 30.3 Å². The highest BCUT2D eigenvalue weighted by atomic mass is 16.5. The number of hydrogen-bond donors (Lipinski definition) is 3. The van der Waals surface area contributed by atoms with E-state index in [0.29, 0.717) is 17.9 Å². The highest BCUT2D eigenvalue weighted by molar-refractivity contribution is 5.73. The normalized spacial score (nSPS) is 11.9. The zero-order valence-electron chi connectivity index (χ0n) is 11.4. The molecule has 2 rings (SSSR count). The Morgan fingerprint density at radius 2 is 1.90 bits per heavy atom. The summed E-state index contributed by atoms with van der Waals surface area (Å²) in [5.74, 6) is -0.571. The maximum Gasteiger partial charge on any atom is 0.320 e. The number of nitrogens with two attached hydrogens (primary N) is 1. The Kier molecular flexibility index (Phi) is 4.79. The first-order valence-electron chi connectivity index (χ1n) is 6.53. The molecule has 0 amide bonds. The number of carboxylic acid groups (broad SMARTS) is 1. The van der Waals surface area contributed by atoms with Crippen LogP contribution in [0.4, 0.5) is 0 Å². The van der Waals surface area contributed by atoms with Crippen LogP contribution in [0.5, 0.6) is 11.5 Å². The first-order chi connectivity index (χ1) is 10.1. The summed E-state index contributed by atoms with van der Waals surface area (Å²) in [6.07, 6.45) is 0.139. The van der Waals surface area contributed by atoms with Crippen molar-refractivity contribution in [1.29, 1.82) is 0 Å². The van der Waals surface area contributed by atoms with Crippen LogP contribution in [0.25, 0.3) is 0 Å². The molecule has 5 heteroatoms. The molecule has 0 aliphatic rings. The first kappa shape index (κ1) is 14.9. The standard InChI is InChI=1S/C16H17NO4/c17-14(16(19)20)8-12-6-7-13(18)9-15(12)21-10-11-4-2-1-3-5-11/h1-7,9,14,18H,8,10,17H2,(H,19,20)/t14-/m0/s1. The summed E-state index contributed by atoms with van der Waals surface area (Å²) >= 11 is 0. The number of phenolic OH excluding ortho intramolecular Hbond substituents is 1. The largest absolute Gasteiger partial charge is 0.508 e. The third-order valence-electron chi connectivity index (χ3n) is 3.04. The molecular weight excluding hydrogens is 270 g/mol. The van der Waals surface area contributed by atoms with Crippen molar-refractivity contribution >= 4 is 5.97 Å². The molecular formula is C16H17NO4. The van der Waals surface area contributed by atoms with Gasteiger partial charge in [-0.15, -0.1) is 0 Å². The van der Waals surface area contributed by atoms with Gasteiger partial charge in [-0.2, -0.15) is 0 Å². The molecule has 0 bridgehead atoms. The Balaban J connectivity index is 2.13. The summed E-state index contributed by atoms with van der Waals surface area (Å²) < 4.78 is 5.68. The number of aromatic hydroxyl groups is 1. The number of ether oxygens (including phenoxy) is 1. The second-order valence-electron chi connectivity index (χ2n) is 4.72. The Morgan fingerprint density at radius 1 is 1.19 bits per heavy atom. The molecule has 0 aliphatic heterocycles. The zero-order chi connectivity index (χ0) is 15.2. The second kappa shape index (κ2) is 6.76. The van der Waals surface area contributed by atoms with Crippen LogP contribution in [-0.2, 0) is 17.8 Å². The number of rotatable bonds is 6. The van der Waals surface area contributed by atoms with E-state index in [1.165, 1.54) is 12.1 Å². The SMILES string of the molecule is N[C@@H](Cc1ccc(O)cc1OCc1ccccc1)C(=O)O. The topological polar surface area (TPSA) is 92.8 Å². The predicted molar refractivity (Wildman–Crippen MR) is 78.2 cm³/mol. The lowest BCUT2D eigenvalue weighted by atomic mass is 10.1. The van der Waals surface area contributed by atoms with Crippen LogP contribution in [0.2, 0.25) is 0 Å². The summed E-state index contributed by atoms with van der Waals surface area (Å²) in [5.41, 5.74) is 7.18. The minimum Gasteiger partial charge on any atom is -0.508 e. The summed E-state index contributed by atoms with van der Waals surface area (Å²) in [5, 5.41) is 18.4. The van der Waals surface area contributed by atoms with Gasteiger partial charge in [0.05, 0.1) is 0 Å². The molecule has 0 aliphatic carbocycles. The van der Waals surface area contributed by atoms with E-state index in [9.17, 15) is 9.90 Å². The summed E-state index contributed by atoms with van der Waals surface area (Å²) in [6.45, 7) is 0.333. The monoisotopic (exact) mass is 287 g/mol. The average Bonchev–Trinajstić information content (AvgIpc) is 2.48. The van der Waals surface area contributed by atoms with Gasteiger partial charge in [-0.1, -0.05) is 36.4 Å². The summed E-state index contributed by atoms with van der Waals surface area (Å²) in [7, 11) is 0. The molecule has 0 saturated carbocycles. The van der Waals surface area contributed by atoms with Crippen LogP contribution in [0.1, 0.15) is 11.1 Å². The third kappa shape index (κ3) is 4.22. The number of carbonyl (C=O) groups is 1. The van der Waals surface area contributed by atoms with E-state index < -0.39 is 12.0 Å². The van der Waals surface area contributed by atoms with Crippen molar-refractivity contribution in [2.75, 3.05) is 0 Å². The van der Waals surface area contributed by atoms with Gasteiger partial charge in [0.1, 0.15) is 24.1 Å². The Labute approximate surface area is 122 Å². The molecule has 110 valence electrons. The number of carboxylic acids is 1. The fraction of sp³-hybridized carbons (Fsp3) is 0.188. The minimum absolute atomic E-state index is 0.0608. The van der Waals surface area contributed by atoms with Crippen LogP contribution in [-0.4, -0.2) is 22.2 Å². The highest BCUT2D eigenvalue weighted by Gasteiger charge is 2.15. The lowest BCUT2D eigenvalue weighted by Gasteiger charge is -2.14. The fourth-order valence-corrected chi connectivity index (χ4v) is 1.91. The zero-order valence-corrected chi connectivity index (χ0v) is 11.4. The molecule has 0 radical (unpaired) electrons. The molecule has 5 nitrogen and oxygen atoms in total. The van der Waals surface area contributed by atoms with Crippen molar-refractivity contribution < 1.29 is 19.7 Å². The van der Waals surface area contributed by atoms with Gasteiger partial charge in [-0.05, 0) is 17.2 Å². The van der Waals surface area contributed by atoms with Crippen molar-refractivity contribution in [1.82, 2.24) is 0 Å². The smallest absolute Gasteiger partial charge is 0.320 e. The molecule has 4 N–H and O–H groups in total. The number of benzene rings is 2. The lowest BCUT2D eigenvalue weighted by molar-refractivity contribution is -0.138. The Morgan fingerprint density at radius 3 is 2.57 bits per heavy atom. The van der Waals surface area contributed by atoms with E-state index in [1.54, 1.807) is 6.07 Å². The van der Waals surface area contributed by atoms with Crippen molar-refractivity contribution in [3.8, 4) is 11.5 Å².